The second-order valence-electron chi connectivity index (χ2n) is 9.85. The highest BCUT2D eigenvalue weighted by Crippen LogP contribution is 2.39. The summed E-state index contributed by atoms with van der Waals surface area (Å²) >= 11 is 0. The number of aromatic amines is 1. The van der Waals surface area contributed by atoms with Crippen LogP contribution in [0.4, 0.5) is 11.6 Å². The van der Waals surface area contributed by atoms with Gasteiger partial charge in [0.1, 0.15) is 11.5 Å². The first-order chi connectivity index (χ1) is 18.9. The topological polar surface area (TPSA) is 139 Å². The van der Waals surface area contributed by atoms with Gasteiger partial charge >= 0.3 is 0 Å². The number of hydrogen-bond donors (Lipinski definition) is 3. The molecule has 0 saturated heterocycles. The zero-order valence-corrected chi connectivity index (χ0v) is 21.9. The van der Waals surface area contributed by atoms with Crippen LogP contribution in [0.25, 0.3) is 17.2 Å². The maximum atomic E-state index is 12.9. The molecule has 1 saturated carbocycles. The van der Waals surface area contributed by atoms with Gasteiger partial charge in [-0.1, -0.05) is 6.07 Å². The summed E-state index contributed by atoms with van der Waals surface area (Å²) < 4.78 is 1.79. The summed E-state index contributed by atoms with van der Waals surface area (Å²) in [6, 6.07) is 10.8. The molecule has 3 N–H and O–H groups in total. The molecule has 1 atom stereocenters. The molecule has 0 radical (unpaired) electrons. The molecule has 196 valence electrons. The number of carbonyl (C=O) groups is 1. The number of amides is 1. The van der Waals surface area contributed by atoms with Gasteiger partial charge in [0.25, 0.3) is 5.91 Å². The average Bonchev–Trinajstić information content (AvgIpc) is 3.53. The van der Waals surface area contributed by atoms with E-state index < -0.39 is 0 Å². The van der Waals surface area contributed by atoms with Gasteiger partial charge in [-0.2, -0.15) is 10.2 Å². The van der Waals surface area contributed by atoms with Gasteiger partial charge in [-0.05, 0) is 68.9 Å². The maximum absolute atomic E-state index is 12.9. The lowest BCUT2D eigenvalue weighted by atomic mass is 10.1. The van der Waals surface area contributed by atoms with E-state index in [-0.39, 0.29) is 11.9 Å². The minimum Gasteiger partial charge on any atom is -0.344 e. The van der Waals surface area contributed by atoms with Gasteiger partial charge in [0.05, 0.1) is 12.2 Å². The minimum atomic E-state index is -0.277. The van der Waals surface area contributed by atoms with Crippen molar-refractivity contribution in [1.82, 2.24) is 45.2 Å². The molecule has 5 aromatic rings. The molecule has 1 fully saturated rings. The van der Waals surface area contributed by atoms with E-state index >= 15 is 0 Å². The fourth-order valence-corrected chi connectivity index (χ4v) is 4.27. The molecule has 11 heteroatoms. The molecule has 1 aliphatic carbocycles. The Balaban J connectivity index is 1.10. The molecule has 0 unspecified atom stereocenters. The molecule has 0 bridgehead atoms. The number of hydrogen-bond acceptors (Lipinski definition) is 8. The van der Waals surface area contributed by atoms with Crippen molar-refractivity contribution < 1.29 is 4.79 Å². The van der Waals surface area contributed by atoms with Crippen molar-refractivity contribution in [3.63, 3.8) is 0 Å². The van der Waals surface area contributed by atoms with E-state index in [1.54, 1.807) is 29.2 Å². The number of aryl methyl sites for hydroxylation is 2. The lowest BCUT2D eigenvalue weighted by molar-refractivity contribution is 0.0935. The first-order valence-electron chi connectivity index (χ1n) is 12.8. The van der Waals surface area contributed by atoms with Crippen LogP contribution in [-0.4, -0.2) is 45.8 Å². The van der Waals surface area contributed by atoms with Crippen molar-refractivity contribution in [3.05, 3.63) is 89.4 Å². The van der Waals surface area contributed by atoms with Crippen LogP contribution >= 0.6 is 0 Å². The zero-order chi connectivity index (χ0) is 26.9. The molecule has 11 nitrogen and oxygen atoms in total. The van der Waals surface area contributed by atoms with Crippen molar-refractivity contribution in [2.45, 2.75) is 45.6 Å². The minimum absolute atomic E-state index is 0.250. The average molecular weight is 521 g/mol. The predicted octanol–water partition coefficient (Wildman–Crippen LogP) is 4.57. The van der Waals surface area contributed by atoms with E-state index in [2.05, 4.69) is 45.9 Å². The van der Waals surface area contributed by atoms with Crippen LogP contribution in [0.5, 0.6) is 0 Å². The molecule has 39 heavy (non-hydrogen) atoms. The van der Waals surface area contributed by atoms with Crippen molar-refractivity contribution in [3.8, 4) is 17.2 Å². The second kappa shape index (κ2) is 10.1. The summed E-state index contributed by atoms with van der Waals surface area (Å²) in [7, 11) is 0. The highest BCUT2D eigenvalue weighted by Gasteiger charge is 2.25. The molecule has 5 aromatic heterocycles. The number of pyridine rings is 2. The Morgan fingerprint density at radius 1 is 1.03 bits per heavy atom. The molecule has 1 aliphatic rings. The fraction of sp³-hybridized carbons (Fsp3) is 0.250. The highest BCUT2D eigenvalue weighted by molar-refractivity contribution is 5.92. The van der Waals surface area contributed by atoms with Gasteiger partial charge in [-0.3, -0.25) is 14.9 Å². The zero-order valence-electron chi connectivity index (χ0n) is 21.9. The number of aromatic nitrogens is 8. The van der Waals surface area contributed by atoms with Gasteiger partial charge in [0.15, 0.2) is 17.5 Å². The summed E-state index contributed by atoms with van der Waals surface area (Å²) in [4.78, 5) is 30.9. The molecular weight excluding hydrogens is 492 g/mol. The number of H-pyrrole nitrogens is 1. The van der Waals surface area contributed by atoms with E-state index in [0.717, 1.165) is 22.8 Å². The van der Waals surface area contributed by atoms with E-state index in [1.165, 1.54) is 18.4 Å². The van der Waals surface area contributed by atoms with E-state index in [9.17, 15) is 4.79 Å². The smallest absolute Gasteiger partial charge is 0.270 e. The number of nitrogens with zero attached hydrogens (tertiary/aromatic N) is 7. The normalized spacial score (nSPS) is 13.7. The van der Waals surface area contributed by atoms with Crippen LogP contribution in [0.15, 0.2) is 61.2 Å². The third-order valence-electron chi connectivity index (χ3n) is 6.57. The van der Waals surface area contributed by atoms with E-state index in [1.807, 2.05) is 57.4 Å². The van der Waals surface area contributed by atoms with Gasteiger partial charge in [0, 0.05) is 47.7 Å². The summed E-state index contributed by atoms with van der Waals surface area (Å²) in [6.45, 7) is 5.74. The molecule has 0 aromatic carbocycles. The first kappa shape index (κ1) is 24.4. The monoisotopic (exact) mass is 520 g/mol. The van der Waals surface area contributed by atoms with Crippen LogP contribution in [0, 0.1) is 13.8 Å². The van der Waals surface area contributed by atoms with Crippen molar-refractivity contribution >= 4 is 17.5 Å². The standard InChI is InChI=1S/C28H28N10O/c1-16-10-24(34-25-11-17(2)36-37-25)35-27(32-16)21-6-8-23(29-13-21)28(39)33-18(3)20-7-9-26(30-12-20)38-15-22(14-31-38)19-4-5-19/h6-15,18-19H,4-5H2,1-3H3,(H,33,39)(H2,32,34,35,36,37)/t18-/m0/s1. The molecule has 0 aliphatic heterocycles. The molecule has 1 amide bonds. The SMILES string of the molecule is Cc1cc(Nc2cc(C)[nH]n2)nc(-c2ccc(C(=O)N[C@@H](C)c3ccc(-n4cc(C5CC5)cn4)nc3)nc2)n1. The summed E-state index contributed by atoms with van der Waals surface area (Å²) in [6.07, 6.45) is 9.79. The van der Waals surface area contributed by atoms with Crippen molar-refractivity contribution in [1.29, 1.82) is 0 Å². The Morgan fingerprint density at radius 2 is 1.90 bits per heavy atom. The third kappa shape index (κ3) is 5.52. The van der Waals surface area contributed by atoms with E-state index in [0.29, 0.717) is 34.6 Å². The second-order valence-corrected chi connectivity index (χ2v) is 9.85. The quantitative estimate of drug-likeness (QED) is 0.270. The molecule has 6 rings (SSSR count). The summed E-state index contributed by atoms with van der Waals surface area (Å²) in [5.41, 5.74) is 4.89. The van der Waals surface area contributed by atoms with Crippen molar-refractivity contribution in [2.75, 3.05) is 5.32 Å². The largest absolute Gasteiger partial charge is 0.344 e. The highest BCUT2D eigenvalue weighted by atomic mass is 16.1. The van der Waals surface area contributed by atoms with Gasteiger partial charge < -0.3 is 10.6 Å². The summed E-state index contributed by atoms with van der Waals surface area (Å²) in [5.74, 6) is 2.91. The fourth-order valence-electron chi connectivity index (χ4n) is 4.27. The molecular formula is C28H28N10O. The van der Waals surface area contributed by atoms with Gasteiger partial charge in [0.2, 0.25) is 0 Å². The molecule has 5 heterocycles. The molecule has 0 spiro atoms. The number of nitrogens with one attached hydrogen (secondary N) is 3. The van der Waals surface area contributed by atoms with Crippen LogP contribution < -0.4 is 10.6 Å². The Kier molecular flexibility index (Phi) is 6.31. The lowest BCUT2D eigenvalue weighted by Gasteiger charge is -2.14. The van der Waals surface area contributed by atoms with Crippen LogP contribution in [0.2, 0.25) is 0 Å². The summed E-state index contributed by atoms with van der Waals surface area (Å²) in [5, 5.41) is 17.7. The Bertz CT molecular complexity index is 1620. The van der Waals surface area contributed by atoms with Crippen LogP contribution in [0.3, 0.4) is 0 Å². The van der Waals surface area contributed by atoms with E-state index in [4.69, 9.17) is 0 Å². The third-order valence-corrected chi connectivity index (χ3v) is 6.57. The maximum Gasteiger partial charge on any atom is 0.270 e. The van der Waals surface area contributed by atoms with Crippen LogP contribution in [0.1, 0.15) is 64.7 Å². The first-order valence-corrected chi connectivity index (χ1v) is 12.8. The Morgan fingerprint density at radius 3 is 2.59 bits per heavy atom. The number of anilines is 2. The van der Waals surface area contributed by atoms with Crippen molar-refractivity contribution in [2.24, 2.45) is 0 Å². The van der Waals surface area contributed by atoms with Gasteiger partial charge in [-0.25, -0.2) is 19.6 Å². The Labute approximate surface area is 225 Å². The van der Waals surface area contributed by atoms with Crippen LogP contribution in [-0.2, 0) is 0 Å². The Hall–Kier alpha value is -4.93. The predicted molar refractivity (Wildman–Crippen MR) is 146 cm³/mol. The number of carbonyl (C=O) groups excluding carboxylic acids is 1. The number of rotatable bonds is 8. The lowest BCUT2D eigenvalue weighted by Crippen LogP contribution is -2.27. The van der Waals surface area contributed by atoms with Gasteiger partial charge in [-0.15, -0.1) is 0 Å².